The number of nitrogens with two attached hydrogens (primary N) is 3. The van der Waals surface area contributed by atoms with Crippen molar-refractivity contribution < 1.29 is 83.4 Å². The number of hydrogen-bond acceptors (Lipinski definition) is 17. The van der Waals surface area contributed by atoms with Gasteiger partial charge in [0.05, 0.1) is 25.4 Å². The Morgan fingerprint density at radius 1 is 0.679 bits per heavy atom. The lowest BCUT2D eigenvalue weighted by Crippen LogP contribution is -2.62. The molecule has 0 aliphatic carbocycles. The van der Waals surface area contributed by atoms with Crippen LogP contribution in [0.3, 0.4) is 0 Å². The number of nitrogens with zero attached hydrogens (tertiary/aromatic N) is 2. The molecule has 0 unspecified atom stereocenters. The van der Waals surface area contributed by atoms with Crippen molar-refractivity contribution in [2.24, 2.45) is 34.0 Å². The molecule has 21 N–H and O–H groups in total. The molecule has 1 aliphatic heterocycles. The summed E-state index contributed by atoms with van der Waals surface area (Å²) >= 11 is 0. The minimum atomic E-state index is -1.86. The van der Waals surface area contributed by atoms with Gasteiger partial charge in [0.1, 0.15) is 54.4 Å². The summed E-state index contributed by atoms with van der Waals surface area (Å²) in [5.74, 6) is -12.9. The Labute approximate surface area is 484 Å². The molecule has 468 valence electrons. The zero-order valence-corrected chi connectivity index (χ0v) is 48.0. The number of carbonyl (C=O) groups excluding carboxylic acids is 9. The minimum Gasteiger partial charge on any atom is -0.481 e. The van der Waals surface area contributed by atoms with Crippen LogP contribution in [0.1, 0.15) is 98.5 Å². The fourth-order valence-electron chi connectivity index (χ4n) is 9.09. The zero-order valence-electron chi connectivity index (χ0n) is 48.0. The Morgan fingerprint density at radius 3 is 1.80 bits per heavy atom. The number of carboxylic acids is 2. The van der Waals surface area contributed by atoms with Crippen LogP contribution >= 0.6 is 0 Å². The van der Waals surface area contributed by atoms with Gasteiger partial charge in [0.15, 0.2) is 12.0 Å². The lowest BCUT2D eigenvalue weighted by Gasteiger charge is -2.32. The number of benzene rings is 1. The smallest absolute Gasteiger partial charge is 0.328 e. The number of nitrogens with one attached hydrogen (secondary N) is 9. The second-order valence-corrected chi connectivity index (χ2v) is 21.2. The first kappa shape index (κ1) is 70.3. The predicted molar refractivity (Wildman–Crippen MR) is 301 cm³/mol. The second kappa shape index (κ2) is 33.9. The van der Waals surface area contributed by atoms with Crippen LogP contribution in [0.2, 0.25) is 0 Å². The third-order valence-corrected chi connectivity index (χ3v) is 14.0. The third kappa shape index (κ3) is 21.3. The molecule has 2 aromatic rings. The van der Waals surface area contributed by atoms with Gasteiger partial charge in [0.25, 0.3) is 0 Å². The molecular weight excluding hydrogens is 1100 g/mol. The van der Waals surface area contributed by atoms with Crippen molar-refractivity contribution in [1.82, 2.24) is 52.4 Å². The van der Waals surface area contributed by atoms with E-state index in [-0.39, 0.29) is 57.1 Å². The summed E-state index contributed by atoms with van der Waals surface area (Å²) in [4.78, 5) is 157. The second-order valence-electron chi connectivity index (χ2n) is 21.2. The first-order valence-electron chi connectivity index (χ1n) is 27.7. The third-order valence-electron chi connectivity index (χ3n) is 14.0. The summed E-state index contributed by atoms with van der Waals surface area (Å²) in [6, 6.07) is -8.38. The number of para-hydroxylation sites is 1. The molecule has 0 radical (unpaired) electrons. The Hall–Kier alpha value is -8.00. The highest BCUT2D eigenvalue weighted by atomic mass is 16.4. The maximum absolute atomic E-state index is 14.4. The van der Waals surface area contributed by atoms with E-state index in [1.807, 2.05) is 5.32 Å². The van der Waals surface area contributed by atoms with E-state index in [1.54, 1.807) is 58.2 Å². The SMILES string of the molecule is CC[C@H](C)[C@H](NC(=O)[C@@H](N)CO)C(=O)N1CCC[C@H]1C(=O)N[C@@H](Cc1c[nH]c2ccccc12)C(=O)N[C@@H](CO)C(=O)N[C@@H](CC(C)C)C(=O)N[C@@H](CCC(=O)O)C(=O)N[C@@H](CCCN=C(N)N)C(=O)N[C@H](C(=O)N[C@H](C(=O)O)[C@@H](C)O)[C@@H](C)O. The molecule has 0 bridgehead atoms. The van der Waals surface area contributed by atoms with Crippen molar-refractivity contribution in [3.63, 3.8) is 0 Å². The van der Waals surface area contributed by atoms with Crippen LogP contribution in [0.25, 0.3) is 10.9 Å². The van der Waals surface area contributed by atoms with Gasteiger partial charge in [-0.1, -0.05) is 52.3 Å². The molecule has 0 spiro atoms. The van der Waals surface area contributed by atoms with Crippen molar-refractivity contribution in [2.45, 2.75) is 172 Å². The van der Waals surface area contributed by atoms with Gasteiger partial charge in [-0.2, -0.15) is 0 Å². The average Bonchev–Trinajstić information content (AvgIpc) is 3.47. The minimum absolute atomic E-state index is 0.0111. The molecule has 1 aliphatic rings. The Balaban J connectivity index is 1.93. The number of aromatic amines is 1. The molecule has 1 aromatic heterocycles. The first-order chi connectivity index (χ1) is 39.5. The van der Waals surface area contributed by atoms with Crippen molar-refractivity contribution in [2.75, 3.05) is 26.3 Å². The van der Waals surface area contributed by atoms with E-state index in [9.17, 15) is 83.4 Å². The summed E-state index contributed by atoms with van der Waals surface area (Å²) in [6.45, 7) is 7.33. The highest BCUT2D eigenvalue weighted by molar-refractivity contribution is 5.99. The quantitative estimate of drug-likeness (QED) is 0.0174. The highest BCUT2D eigenvalue weighted by Crippen LogP contribution is 2.24. The van der Waals surface area contributed by atoms with Crippen molar-refractivity contribution >= 4 is 82.0 Å². The van der Waals surface area contributed by atoms with E-state index < -0.39 is 170 Å². The average molecular weight is 1190 g/mol. The number of aliphatic hydroxyl groups is 4. The number of aliphatic imine (C=N–C) groups is 1. The van der Waals surface area contributed by atoms with Gasteiger partial charge in [-0.15, -0.1) is 0 Å². The van der Waals surface area contributed by atoms with Crippen LogP contribution < -0.4 is 59.7 Å². The number of H-pyrrole nitrogens is 1. The number of aliphatic carboxylic acids is 2. The molecule has 13 atom stereocenters. The monoisotopic (exact) mass is 1190 g/mol. The van der Waals surface area contributed by atoms with Gasteiger partial charge >= 0.3 is 11.9 Å². The number of carboxylic acid groups (broad SMARTS) is 2. The van der Waals surface area contributed by atoms with Crippen molar-refractivity contribution in [1.29, 1.82) is 0 Å². The Kier molecular flexibility index (Phi) is 28.4. The predicted octanol–water partition coefficient (Wildman–Crippen LogP) is -5.25. The van der Waals surface area contributed by atoms with Crippen LogP contribution in [-0.4, -0.2) is 211 Å². The standard InChI is InChI=1S/C53H84N14O17/c1-7-26(4)40(64-43(74)31(54)23-68)51(82)67-19-11-15-38(67)49(80)62-36(21-29-22-58-32-13-9-8-12-30(29)32)47(78)63-37(24-69)48(79)61-35(20-25(2)3)46(77)60-34(16-17-39(72)73)44(75)59-33(14-10-18-57-53(55)56)45(76)65-41(27(5)70)50(81)66-42(28(6)71)52(83)84/h8-9,12-13,22,25-28,31,33-38,40-42,58,68-71H,7,10-11,14-21,23-24,54H2,1-6H3,(H,59,75)(H,60,77)(H,61,79)(H,62,80)(H,63,78)(H,64,74)(H,65,76)(H,66,81)(H,72,73)(H,83,84)(H4,55,56,57)/t26-,27+,28+,31-,33-,34-,35-,36-,37-,38-,40-,41-,42-/m0/s1. The molecule has 31 heteroatoms. The van der Waals surface area contributed by atoms with Gasteiger partial charge in [0, 0.05) is 43.0 Å². The molecule has 1 fully saturated rings. The molecule has 31 nitrogen and oxygen atoms in total. The number of amides is 9. The number of fused-ring (bicyclic) bond motifs is 1. The van der Waals surface area contributed by atoms with Gasteiger partial charge in [0.2, 0.25) is 53.2 Å². The fraction of sp³-hybridized carbons (Fsp3) is 0.623. The molecule has 2 heterocycles. The van der Waals surface area contributed by atoms with Crippen LogP contribution in [-0.2, 0) is 59.2 Å². The van der Waals surface area contributed by atoms with Crippen molar-refractivity contribution in [3.8, 4) is 0 Å². The maximum Gasteiger partial charge on any atom is 0.328 e. The molecule has 84 heavy (non-hydrogen) atoms. The van der Waals surface area contributed by atoms with E-state index in [0.717, 1.165) is 13.8 Å². The normalized spacial score (nSPS) is 17.4. The molecule has 3 rings (SSSR count). The summed E-state index contributed by atoms with van der Waals surface area (Å²) in [6.07, 6.45) is -2.61. The van der Waals surface area contributed by atoms with Gasteiger partial charge in [-0.3, -0.25) is 52.9 Å². The van der Waals surface area contributed by atoms with Gasteiger partial charge in [-0.25, -0.2) is 4.79 Å². The van der Waals surface area contributed by atoms with E-state index in [4.69, 9.17) is 17.2 Å². The summed E-state index contributed by atoms with van der Waals surface area (Å²) in [5, 5.41) is 79.6. The summed E-state index contributed by atoms with van der Waals surface area (Å²) in [5.41, 5.74) is 17.8. The van der Waals surface area contributed by atoms with Crippen LogP contribution in [0.4, 0.5) is 0 Å². The topological polar surface area (TPSA) is 515 Å². The molecule has 1 aromatic carbocycles. The fourth-order valence-corrected chi connectivity index (χ4v) is 9.09. The lowest BCUT2D eigenvalue weighted by molar-refractivity contribution is -0.146. The van der Waals surface area contributed by atoms with Crippen LogP contribution in [0, 0.1) is 11.8 Å². The zero-order chi connectivity index (χ0) is 63.1. The van der Waals surface area contributed by atoms with E-state index >= 15 is 0 Å². The van der Waals surface area contributed by atoms with Crippen LogP contribution in [0.5, 0.6) is 0 Å². The summed E-state index contributed by atoms with van der Waals surface area (Å²) in [7, 11) is 0. The maximum atomic E-state index is 14.4. The van der Waals surface area contributed by atoms with E-state index in [2.05, 4.69) is 47.2 Å². The largest absolute Gasteiger partial charge is 0.481 e. The molecule has 0 saturated carbocycles. The highest BCUT2D eigenvalue weighted by Gasteiger charge is 2.42. The molecule has 9 amide bonds. The number of carbonyl (C=O) groups is 11. The van der Waals surface area contributed by atoms with Gasteiger partial charge in [-0.05, 0) is 75.8 Å². The van der Waals surface area contributed by atoms with Crippen LogP contribution in [0.15, 0.2) is 35.5 Å². The number of likely N-dealkylation sites (tertiary alicyclic amines) is 1. The van der Waals surface area contributed by atoms with Crippen molar-refractivity contribution in [3.05, 3.63) is 36.0 Å². The number of aromatic nitrogens is 1. The number of aliphatic hydroxyl groups excluding tert-OH is 4. The Morgan fingerprint density at radius 2 is 1.23 bits per heavy atom. The number of guanidine groups is 1. The van der Waals surface area contributed by atoms with Gasteiger partial charge < -0.3 is 100 Å². The Bertz CT molecular complexity index is 2650. The lowest BCUT2D eigenvalue weighted by atomic mass is 9.97. The summed E-state index contributed by atoms with van der Waals surface area (Å²) < 4.78 is 0. The molecule has 1 saturated heterocycles. The first-order valence-corrected chi connectivity index (χ1v) is 27.7. The van der Waals surface area contributed by atoms with E-state index in [1.165, 1.54) is 4.90 Å². The number of hydrogen-bond donors (Lipinski definition) is 18. The van der Waals surface area contributed by atoms with E-state index in [0.29, 0.717) is 29.3 Å². The molecular formula is C53H84N14O17. The number of rotatable bonds is 35.